The van der Waals surface area contributed by atoms with E-state index in [0.717, 1.165) is 16.9 Å². The van der Waals surface area contributed by atoms with Crippen LogP contribution >= 0.6 is 0 Å². The third kappa shape index (κ3) is 2.76. The molecule has 0 aliphatic rings. The molecule has 0 amide bonds. The van der Waals surface area contributed by atoms with Crippen molar-refractivity contribution < 1.29 is 9.90 Å². The van der Waals surface area contributed by atoms with Crippen LogP contribution in [-0.2, 0) is 11.3 Å². The fraction of sp³-hybridized carbons (Fsp3) is 0.429. The Labute approximate surface area is 112 Å². The number of pyridine rings is 1. The van der Waals surface area contributed by atoms with Gasteiger partial charge in [-0.05, 0) is 31.9 Å². The number of hydrogen-bond acceptors (Lipinski definition) is 3. The van der Waals surface area contributed by atoms with Crippen molar-refractivity contribution in [3.8, 4) is 0 Å². The molecule has 2 rings (SSSR count). The van der Waals surface area contributed by atoms with Crippen molar-refractivity contribution in [3.05, 3.63) is 35.8 Å². The van der Waals surface area contributed by atoms with Gasteiger partial charge in [0, 0.05) is 18.9 Å². The molecule has 0 aliphatic carbocycles. The predicted molar refractivity (Wildman–Crippen MR) is 73.1 cm³/mol. The topological polar surface area (TPSA) is 66.6 Å². The number of hydrogen-bond donors (Lipinski definition) is 2. The summed E-state index contributed by atoms with van der Waals surface area (Å²) in [5.74, 6) is -0.838. The van der Waals surface area contributed by atoms with Crippen LogP contribution in [-0.4, -0.2) is 26.0 Å². The first-order valence-corrected chi connectivity index (χ1v) is 6.37. The number of nitrogens with one attached hydrogen (secondary N) is 1. The van der Waals surface area contributed by atoms with E-state index in [1.165, 1.54) is 0 Å². The number of carbonyl (C=O) groups is 1. The Bertz CT molecular complexity index is 606. The molecule has 0 radical (unpaired) electrons. The zero-order valence-electron chi connectivity index (χ0n) is 11.5. The molecule has 1 unspecified atom stereocenters. The van der Waals surface area contributed by atoms with Crippen molar-refractivity contribution in [2.24, 2.45) is 0 Å². The maximum atomic E-state index is 11.2. The molecular weight excluding hydrogens is 242 g/mol. The van der Waals surface area contributed by atoms with E-state index in [0.29, 0.717) is 13.0 Å². The first-order chi connectivity index (χ1) is 8.94. The van der Waals surface area contributed by atoms with E-state index in [9.17, 15) is 9.90 Å². The van der Waals surface area contributed by atoms with Gasteiger partial charge in [-0.2, -0.15) is 0 Å². The fourth-order valence-corrected chi connectivity index (χ4v) is 1.88. The van der Waals surface area contributed by atoms with E-state index in [1.807, 2.05) is 42.8 Å². The molecule has 2 aromatic rings. The van der Waals surface area contributed by atoms with E-state index in [-0.39, 0.29) is 0 Å². The minimum Gasteiger partial charge on any atom is -0.480 e. The van der Waals surface area contributed by atoms with Gasteiger partial charge in [-0.3, -0.25) is 10.1 Å². The number of carboxylic acids is 1. The minimum atomic E-state index is -0.911. The number of imidazole rings is 1. The summed E-state index contributed by atoms with van der Waals surface area (Å²) in [6, 6.07) is 3.96. The highest BCUT2D eigenvalue weighted by Gasteiger charge is 2.30. The number of rotatable bonds is 5. The Hall–Kier alpha value is -1.88. The molecule has 2 heterocycles. The lowest BCUT2D eigenvalue weighted by Gasteiger charge is -2.24. The summed E-state index contributed by atoms with van der Waals surface area (Å²) in [6.07, 6.45) is 4.45. The average Bonchev–Trinajstić information content (AvgIpc) is 2.77. The van der Waals surface area contributed by atoms with Gasteiger partial charge in [0.25, 0.3) is 0 Å². The van der Waals surface area contributed by atoms with Crippen molar-refractivity contribution in [2.75, 3.05) is 0 Å². The van der Waals surface area contributed by atoms with Gasteiger partial charge < -0.3 is 9.51 Å². The molecule has 19 heavy (non-hydrogen) atoms. The van der Waals surface area contributed by atoms with E-state index in [2.05, 4.69) is 10.3 Å². The summed E-state index contributed by atoms with van der Waals surface area (Å²) >= 11 is 0. The van der Waals surface area contributed by atoms with Crippen molar-refractivity contribution in [1.82, 2.24) is 14.7 Å². The van der Waals surface area contributed by atoms with Crippen LogP contribution in [0.25, 0.3) is 5.65 Å². The largest absolute Gasteiger partial charge is 0.480 e. The second-order valence-corrected chi connectivity index (χ2v) is 5.05. The number of fused-ring (bicyclic) bond motifs is 1. The van der Waals surface area contributed by atoms with Crippen LogP contribution in [0.5, 0.6) is 0 Å². The molecule has 0 aliphatic heterocycles. The molecule has 5 heteroatoms. The first-order valence-electron chi connectivity index (χ1n) is 6.37. The molecule has 0 spiro atoms. The van der Waals surface area contributed by atoms with Crippen LogP contribution < -0.4 is 5.32 Å². The molecule has 5 nitrogen and oxygen atoms in total. The Balaban J connectivity index is 2.16. The standard InChI is InChI=1S/C14H19N3O2/c1-4-14(3,13(18)19)15-7-11-9-17-8-10(2)5-6-12(17)16-11/h5-6,8-9,15H,4,7H2,1-3H3,(H,18,19). The van der Waals surface area contributed by atoms with Crippen LogP contribution in [0, 0.1) is 6.92 Å². The molecule has 0 saturated heterocycles. The second-order valence-electron chi connectivity index (χ2n) is 5.05. The Morgan fingerprint density at radius 1 is 1.47 bits per heavy atom. The van der Waals surface area contributed by atoms with Gasteiger partial charge in [-0.25, -0.2) is 4.98 Å². The van der Waals surface area contributed by atoms with Crippen molar-refractivity contribution in [2.45, 2.75) is 39.3 Å². The van der Waals surface area contributed by atoms with Gasteiger partial charge in [0.2, 0.25) is 0 Å². The quantitative estimate of drug-likeness (QED) is 0.863. The van der Waals surface area contributed by atoms with E-state index < -0.39 is 11.5 Å². The van der Waals surface area contributed by atoms with Gasteiger partial charge in [-0.1, -0.05) is 13.0 Å². The maximum absolute atomic E-state index is 11.2. The molecule has 102 valence electrons. The summed E-state index contributed by atoms with van der Waals surface area (Å²) in [4.78, 5) is 15.7. The molecule has 2 N–H and O–H groups in total. The smallest absolute Gasteiger partial charge is 0.323 e. The van der Waals surface area contributed by atoms with Gasteiger partial charge in [0.1, 0.15) is 11.2 Å². The van der Waals surface area contributed by atoms with E-state index >= 15 is 0 Å². The summed E-state index contributed by atoms with van der Waals surface area (Å²) in [5.41, 5.74) is 1.96. The first kappa shape index (κ1) is 13.5. The lowest BCUT2D eigenvalue weighted by Crippen LogP contribution is -2.48. The zero-order valence-corrected chi connectivity index (χ0v) is 11.5. The Kier molecular flexibility index (Phi) is 3.57. The highest BCUT2D eigenvalue weighted by Crippen LogP contribution is 2.12. The van der Waals surface area contributed by atoms with E-state index in [4.69, 9.17) is 0 Å². The maximum Gasteiger partial charge on any atom is 0.323 e. The Morgan fingerprint density at radius 2 is 2.21 bits per heavy atom. The third-order valence-corrected chi connectivity index (χ3v) is 3.49. The van der Waals surface area contributed by atoms with E-state index in [1.54, 1.807) is 6.92 Å². The molecule has 2 aromatic heterocycles. The third-order valence-electron chi connectivity index (χ3n) is 3.49. The van der Waals surface area contributed by atoms with Crippen LogP contribution in [0.3, 0.4) is 0 Å². The normalized spacial score (nSPS) is 14.5. The van der Waals surface area contributed by atoms with Crippen LogP contribution in [0.1, 0.15) is 31.5 Å². The Morgan fingerprint density at radius 3 is 2.84 bits per heavy atom. The number of aromatic nitrogens is 2. The van der Waals surface area contributed by atoms with Gasteiger partial charge in [0.15, 0.2) is 0 Å². The highest BCUT2D eigenvalue weighted by atomic mass is 16.4. The van der Waals surface area contributed by atoms with Gasteiger partial charge >= 0.3 is 5.97 Å². The van der Waals surface area contributed by atoms with Gasteiger partial charge in [0.05, 0.1) is 5.69 Å². The van der Waals surface area contributed by atoms with Crippen molar-refractivity contribution in [3.63, 3.8) is 0 Å². The van der Waals surface area contributed by atoms with Crippen LogP contribution in [0.15, 0.2) is 24.5 Å². The summed E-state index contributed by atoms with van der Waals surface area (Å²) in [5, 5.41) is 12.3. The van der Waals surface area contributed by atoms with Gasteiger partial charge in [-0.15, -0.1) is 0 Å². The molecule has 0 fully saturated rings. The molecule has 0 aromatic carbocycles. The minimum absolute atomic E-state index is 0.442. The summed E-state index contributed by atoms with van der Waals surface area (Å²) < 4.78 is 1.95. The average molecular weight is 261 g/mol. The zero-order chi connectivity index (χ0) is 14.0. The molecule has 0 saturated carbocycles. The molecule has 0 bridgehead atoms. The monoisotopic (exact) mass is 261 g/mol. The number of carboxylic acid groups (broad SMARTS) is 1. The van der Waals surface area contributed by atoms with Crippen LogP contribution in [0.4, 0.5) is 0 Å². The van der Waals surface area contributed by atoms with Crippen molar-refractivity contribution in [1.29, 1.82) is 0 Å². The van der Waals surface area contributed by atoms with Crippen LogP contribution in [0.2, 0.25) is 0 Å². The highest BCUT2D eigenvalue weighted by molar-refractivity contribution is 5.78. The second kappa shape index (κ2) is 5.01. The van der Waals surface area contributed by atoms with Crippen molar-refractivity contribution >= 4 is 11.6 Å². The predicted octanol–water partition coefficient (Wildman–Crippen LogP) is 1.99. The number of aliphatic carboxylic acids is 1. The lowest BCUT2D eigenvalue weighted by molar-refractivity contribution is -0.144. The summed E-state index contributed by atoms with van der Waals surface area (Å²) in [6.45, 7) is 6.01. The molecular formula is C14H19N3O2. The fourth-order valence-electron chi connectivity index (χ4n) is 1.88. The summed E-state index contributed by atoms with van der Waals surface area (Å²) in [7, 11) is 0. The lowest BCUT2D eigenvalue weighted by atomic mass is 9.99. The number of nitrogens with zero attached hydrogens (tertiary/aromatic N) is 2. The number of aryl methyl sites for hydroxylation is 1. The molecule has 1 atom stereocenters. The SMILES string of the molecule is CCC(C)(NCc1cn2cc(C)ccc2n1)C(=O)O.